The van der Waals surface area contributed by atoms with E-state index in [1.807, 2.05) is 37.4 Å². The SMILES string of the molecule is Cc1cccc(C(=O)NCCc2ccc3cc[nH]c3c2)c1. The molecule has 0 saturated carbocycles. The molecule has 1 amide bonds. The van der Waals surface area contributed by atoms with Crippen molar-refractivity contribution in [3.63, 3.8) is 0 Å². The average molecular weight is 278 g/mol. The zero-order chi connectivity index (χ0) is 14.7. The predicted octanol–water partition coefficient (Wildman–Crippen LogP) is 3.45. The summed E-state index contributed by atoms with van der Waals surface area (Å²) in [5.41, 5.74) is 4.17. The monoisotopic (exact) mass is 278 g/mol. The second kappa shape index (κ2) is 5.83. The molecule has 2 N–H and O–H groups in total. The molecular weight excluding hydrogens is 260 g/mol. The molecule has 2 aromatic carbocycles. The number of aromatic amines is 1. The van der Waals surface area contributed by atoms with Crippen molar-refractivity contribution < 1.29 is 4.79 Å². The largest absolute Gasteiger partial charge is 0.361 e. The summed E-state index contributed by atoms with van der Waals surface area (Å²) in [6, 6.07) is 16.0. The zero-order valence-corrected chi connectivity index (χ0v) is 12.0. The maximum Gasteiger partial charge on any atom is 0.251 e. The van der Waals surface area contributed by atoms with Crippen LogP contribution in [0.3, 0.4) is 0 Å². The molecule has 0 radical (unpaired) electrons. The van der Waals surface area contributed by atoms with Gasteiger partial charge in [-0.25, -0.2) is 0 Å². The Balaban J connectivity index is 1.59. The number of carbonyl (C=O) groups excluding carboxylic acids is 1. The van der Waals surface area contributed by atoms with Crippen LogP contribution < -0.4 is 5.32 Å². The molecule has 3 aromatic rings. The van der Waals surface area contributed by atoms with Gasteiger partial charge in [0.25, 0.3) is 5.91 Å². The summed E-state index contributed by atoms with van der Waals surface area (Å²) in [5, 5.41) is 4.18. The van der Waals surface area contributed by atoms with E-state index in [-0.39, 0.29) is 5.91 Å². The van der Waals surface area contributed by atoms with Crippen LogP contribution in [-0.4, -0.2) is 17.4 Å². The highest BCUT2D eigenvalue weighted by Crippen LogP contribution is 2.14. The number of H-pyrrole nitrogens is 1. The Hall–Kier alpha value is -2.55. The van der Waals surface area contributed by atoms with E-state index in [0.717, 1.165) is 23.1 Å². The highest BCUT2D eigenvalue weighted by molar-refractivity contribution is 5.94. The summed E-state index contributed by atoms with van der Waals surface area (Å²) in [5.74, 6) is -0.0142. The Labute approximate surface area is 124 Å². The quantitative estimate of drug-likeness (QED) is 0.754. The summed E-state index contributed by atoms with van der Waals surface area (Å²) in [6.07, 6.45) is 2.76. The Morgan fingerprint density at radius 3 is 2.90 bits per heavy atom. The van der Waals surface area contributed by atoms with Crippen LogP contribution >= 0.6 is 0 Å². The van der Waals surface area contributed by atoms with Crippen molar-refractivity contribution >= 4 is 16.8 Å². The van der Waals surface area contributed by atoms with Gasteiger partial charge in [0.1, 0.15) is 0 Å². The van der Waals surface area contributed by atoms with Gasteiger partial charge in [0.2, 0.25) is 0 Å². The van der Waals surface area contributed by atoms with Crippen molar-refractivity contribution in [3.05, 3.63) is 71.4 Å². The molecule has 3 heteroatoms. The highest BCUT2D eigenvalue weighted by Gasteiger charge is 2.05. The molecule has 21 heavy (non-hydrogen) atoms. The van der Waals surface area contributed by atoms with E-state index in [2.05, 4.69) is 34.6 Å². The number of benzene rings is 2. The number of hydrogen-bond acceptors (Lipinski definition) is 1. The highest BCUT2D eigenvalue weighted by atomic mass is 16.1. The van der Waals surface area contributed by atoms with Crippen LogP contribution in [0.5, 0.6) is 0 Å². The maximum atomic E-state index is 12.0. The van der Waals surface area contributed by atoms with Gasteiger partial charge in [-0.15, -0.1) is 0 Å². The molecule has 0 unspecified atom stereocenters. The van der Waals surface area contributed by atoms with Gasteiger partial charge in [-0.3, -0.25) is 4.79 Å². The van der Waals surface area contributed by atoms with Crippen LogP contribution in [0.15, 0.2) is 54.7 Å². The van der Waals surface area contributed by atoms with Crippen LogP contribution in [0.2, 0.25) is 0 Å². The smallest absolute Gasteiger partial charge is 0.251 e. The fourth-order valence-electron chi connectivity index (χ4n) is 2.46. The third-order valence-corrected chi connectivity index (χ3v) is 3.60. The Bertz CT molecular complexity index is 773. The fraction of sp³-hybridized carbons (Fsp3) is 0.167. The summed E-state index contributed by atoms with van der Waals surface area (Å²) in [4.78, 5) is 15.2. The van der Waals surface area contributed by atoms with Gasteiger partial charge in [0, 0.05) is 23.8 Å². The Morgan fingerprint density at radius 1 is 1.14 bits per heavy atom. The van der Waals surface area contributed by atoms with Crippen molar-refractivity contribution in [1.29, 1.82) is 0 Å². The maximum absolute atomic E-state index is 12.0. The molecule has 0 saturated heterocycles. The summed E-state index contributed by atoms with van der Waals surface area (Å²) < 4.78 is 0. The van der Waals surface area contributed by atoms with E-state index < -0.39 is 0 Å². The molecule has 106 valence electrons. The van der Waals surface area contributed by atoms with Crippen molar-refractivity contribution in [1.82, 2.24) is 10.3 Å². The lowest BCUT2D eigenvalue weighted by molar-refractivity contribution is 0.0954. The molecule has 3 nitrogen and oxygen atoms in total. The number of nitrogens with one attached hydrogen (secondary N) is 2. The van der Waals surface area contributed by atoms with Crippen LogP contribution in [-0.2, 0) is 6.42 Å². The summed E-state index contributed by atoms with van der Waals surface area (Å²) in [6.45, 7) is 2.63. The van der Waals surface area contributed by atoms with E-state index in [1.54, 1.807) is 0 Å². The van der Waals surface area contributed by atoms with E-state index in [1.165, 1.54) is 10.9 Å². The lowest BCUT2D eigenvalue weighted by Gasteiger charge is -2.06. The number of carbonyl (C=O) groups is 1. The zero-order valence-electron chi connectivity index (χ0n) is 12.0. The number of rotatable bonds is 4. The van der Waals surface area contributed by atoms with Gasteiger partial charge in [0.15, 0.2) is 0 Å². The van der Waals surface area contributed by atoms with Gasteiger partial charge < -0.3 is 10.3 Å². The second-order valence-corrected chi connectivity index (χ2v) is 5.27. The van der Waals surface area contributed by atoms with Crippen LogP contribution in [0.25, 0.3) is 10.9 Å². The van der Waals surface area contributed by atoms with Crippen molar-refractivity contribution in [2.45, 2.75) is 13.3 Å². The molecule has 0 spiro atoms. The first-order chi connectivity index (χ1) is 10.2. The fourth-order valence-corrected chi connectivity index (χ4v) is 2.46. The van der Waals surface area contributed by atoms with Gasteiger partial charge in [-0.1, -0.05) is 29.8 Å². The molecule has 0 aliphatic rings. The van der Waals surface area contributed by atoms with E-state index in [0.29, 0.717) is 6.54 Å². The van der Waals surface area contributed by atoms with Crippen LogP contribution in [0, 0.1) is 6.92 Å². The number of amides is 1. The van der Waals surface area contributed by atoms with Gasteiger partial charge in [-0.05, 0) is 48.6 Å². The molecule has 1 aromatic heterocycles. The molecule has 0 aliphatic heterocycles. The molecule has 0 aliphatic carbocycles. The number of aromatic nitrogens is 1. The van der Waals surface area contributed by atoms with Gasteiger partial charge >= 0.3 is 0 Å². The van der Waals surface area contributed by atoms with Crippen molar-refractivity contribution in [2.24, 2.45) is 0 Å². The summed E-state index contributed by atoms with van der Waals surface area (Å²) >= 11 is 0. The first-order valence-corrected chi connectivity index (χ1v) is 7.13. The average Bonchev–Trinajstić information content (AvgIpc) is 2.94. The Morgan fingerprint density at radius 2 is 2.05 bits per heavy atom. The standard InChI is InChI=1S/C18H18N2O/c1-13-3-2-4-16(11-13)18(21)20-9-7-14-5-6-15-8-10-19-17(15)12-14/h2-6,8,10-12,19H,7,9H2,1H3,(H,20,21). The van der Waals surface area contributed by atoms with E-state index in [4.69, 9.17) is 0 Å². The van der Waals surface area contributed by atoms with Crippen LogP contribution in [0.4, 0.5) is 0 Å². The molecule has 0 atom stereocenters. The minimum atomic E-state index is -0.0142. The predicted molar refractivity (Wildman–Crippen MR) is 85.5 cm³/mol. The molecule has 1 heterocycles. The molecule has 0 fully saturated rings. The number of fused-ring (bicyclic) bond motifs is 1. The first kappa shape index (κ1) is 13.4. The lowest BCUT2D eigenvalue weighted by Crippen LogP contribution is -2.25. The van der Waals surface area contributed by atoms with Crippen molar-refractivity contribution in [3.8, 4) is 0 Å². The lowest BCUT2D eigenvalue weighted by atomic mass is 10.1. The van der Waals surface area contributed by atoms with E-state index in [9.17, 15) is 4.79 Å². The van der Waals surface area contributed by atoms with Gasteiger partial charge in [0.05, 0.1) is 0 Å². The minimum absolute atomic E-state index is 0.0142. The number of aryl methyl sites for hydroxylation is 1. The normalized spacial score (nSPS) is 10.7. The minimum Gasteiger partial charge on any atom is -0.361 e. The number of hydrogen-bond donors (Lipinski definition) is 2. The first-order valence-electron chi connectivity index (χ1n) is 7.13. The van der Waals surface area contributed by atoms with E-state index >= 15 is 0 Å². The second-order valence-electron chi connectivity index (χ2n) is 5.27. The summed E-state index contributed by atoms with van der Waals surface area (Å²) in [7, 11) is 0. The molecule has 0 bridgehead atoms. The molecular formula is C18H18N2O. The van der Waals surface area contributed by atoms with Gasteiger partial charge in [-0.2, -0.15) is 0 Å². The van der Waals surface area contributed by atoms with Crippen LogP contribution in [0.1, 0.15) is 21.5 Å². The Kier molecular flexibility index (Phi) is 3.73. The third-order valence-electron chi connectivity index (χ3n) is 3.60. The molecule has 3 rings (SSSR count). The topological polar surface area (TPSA) is 44.9 Å². The van der Waals surface area contributed by atoms with Crippen molar-refractivity contribution in [2.75, 3.05) is 6.54 Å². The third kappa shape index (κ3) is 3.14.